The second-order valence-electron chi connectivity index (χ2n) is 6.30. The van der Waals surface area contributed by atoms with Gasteiger partial charge in [-0.1, -0.05) is 17.7 Å². The van der Waals surface area contributed by atoms with Gasteiger partial charge in [0.2, 0.25) is 0 Å². The monoisotopic (exact) mass is 375 g/mol. The first-order valence-electron chi connectivity index (χ1n) is 8.47. The van der Waals surface area contributed by atoms with Gasteiger partial charge in [0, 0.05) is 37.1 Å². The van der Waals surface area contributed by atoms with Crippen molar-refractivity contribution in [1.82, 2.24) is 4.98 Å². The van der Waals surface area contributed by atoms with Crippen LogP contribution in [0.5, 0.6) is 0 Å². The van der Waals surface area contributed by atoms with Crippen LogP contribution in [-0.2, 0) is 9.47 Å². The fourth-order valence-corrected chi connectivity index (χ4v) is 3.18. The van der Waals surface area contributed by atoms with Crippen molar-refractivity contribution in [3.05, 3.63) is 53.2 Å². The Morgan fingerprint density at radius 1 is 1.38 bits per heavy atom. The van der Waals surface area contributed by atoms with E-state index in [1.165, 1.54) is 0 Å². The molecule has 26 heavy (non-hydrogen) atoms. The summed E-state index contributed by atoms with van der Waals surface area (Å²) >= 11 is 5.94. The Labute approximate surface area is 158 Å². The zero-order chi connectivity index (χ0) is 18.5. The van der Waals surface area contributed by atoms with Gasteiger partial charge < -0.3 is 19.7 Å². The Hall–Kier alpha value is -2.15. The second-order valence-corrected chi connectivity index (χ2v) is 6.74. The molecule has 1 N–H and O–H groups in total. The van der Waals surface area contributed by atoms with Crippen LogP contribution < -0.4 is 10.2 Å². The van der Waals surface area contributed by atoms with Crippen LogP contribution in [0.1, 0.15) is 17.3 Å². The predicted molar refractivity (Wildman–Crippen MR) is 102 cm³/mol. The number of nitrogens with zero attached hydrogens (tertiary/aromatic N) is 2. The van der Waals surface area contributed by atoms with Crippen LogP contribution in [0.2, 0.25) is 5.02 Å². The number of carbonyl (C=O) groups is 1. The quantitative estimate of drug-likeness (QED) is 0.869. The van der Waals surface area contributed by atoms with E-state index in [0.29, 0.717) is 29.4 Å². The molecule has 2 unspecified atom stereocenters. The van der Waals surface area contributed by atoms with Crippen LogP contribution in [-0.4, -0.2) is 49.9 Å². The van der Waals surface area contributed by atoms with Gasteiger partial charge in [-0.15, -0.1) is 0 Å². The first-order chi connectivity index (χ1) is 12.5. The van der Waals surface area contributed by atoms with Crippen molar-refractivity contribution in [2.45, 2.75) is 19.1 Å². The minimum Gasteiger partial charge on any atom is -0.382 e. The molecule has 1 fully saturated rings. The van der Waals surface area contributed by atoms with Crippen molar-refractivity contribution in [2.24, 2.45) is 0 Å². The van der Waals surface area contributed by atoms with Gasteiger partial charge in [-0.2, -0.15) is 0 Å². The van der Waals surface area contributed by atoms with Gasteiger partial charge in [-0.25, -0.2) is 4.98 Å². The molecule has 0 radical (unpaired) electrons. The summed E-state index contributed by atoms with van der Waals surface area (Å²) in [7, 11) is 1.67. The minimum absolute atomic E-state index is 0.0105. The van der Waals surface area contributed by atoms with Crippen LogP contribution in [0, 0.1) is 0 Å². The maximum atomic E-state index is 12.4. The topological polar surface area (TPSA) is 63.7 Å². The molecule has 0 aliphatic carbocycles. The summed E-state index contributed by atoms with van der Waals surface area (Å²) < 4.78 is 11.0. The standard InChI is InChI=1S/C19H22ClN3O3/c1-13-10-23(11-17(26-13)12-25-2)18-7-6-14(9-21-18)19(24)22-16-5-3-4-15(20)8-16/h3-9,13,17H,10-12H2,1-2H3,(H,22,24). The summed E-state index contributed by atoms with van der Waals surface area (Å²) in [5.41, 5.74) is 1.14. The van der Waals surface area contributed by atoms with Crippen LogP contribution in [0.4, 0.5) is 11.5 Å². The maximum Gasteiger partial charge on any atom is 0.257 e. The number of pyridine rings is 1. The van der Waals surface area contributed by atoms with Crippen molar-refractivity contribution in [3.8, 4) is 0 Å². The van der Waals surface area contributed by atoms with E-state index in [9.17, 15) is 4.79 Å². The van der Waals surface area contributed by atoms with Gasteiger partial charge in [0.15, 0.2) is 0 Å². The molecule has 0 bridgehead atoms. The van der Waals surface area contributed by atoms with Gasteiger partial charge >= 0.3 is 0 Å². The highest BCUT2D eigenvalue weighted by Crippen LogP contribution is 2.20. The van der Waals surface area contributed by atoms with Crippen LogP contribution in [0.25, 0.3) is 0 Å². The number of benzene rings is 1. The average molecular weight is 376 g/mol. The fraction of sp³-hybridized carbons (Fsp3) is 0.368. The molecule has 1 aromatic heterocycles. The Balaban J connectivity index is 1.66. The van der Waals surface area contributed by atoms with E-state index in [2.05, 4.69) is 15.2 Å². The van der Waals surface area contributed by atoms with Gasteiger partial charge in [0.05, 0.1) is 24.4 Å². The third-order valence-corrected chi connectivity index (χ3v) is 4.33. The van der Waals surface area contributed by atoms with Gasteiger partial charge in [0.25, 0.3) is 5.91 Å². The molecule has 2 aromatic rings. The zero-order valence-corrected chi connectivity index (χ0v) is 15.6. The summed E-state index contributed by atoms with van der Waals surface area (Å²) in [6.45, 7) is 4.03. The van der Waals surface area contributed by atoms with Gasteiger partial charge in [-0.05, 0) is 37.3 Å². The van der Waals surface area contributed by atoms with E-state index in [4.69, 9.17) is 21.1 Å². The van der Waals surface area contributed by atoms with Crippen LogP contribution in [0.3, 0.4) is 0 Å². The smallest absolute Gasteiger partial charge is 0.257 e. The zero-order valence-electron chi connectivity index (χ0n) is 14.8. The summed E-state index contributed by atoms with van der Waals surface area (Å²) in [5.74, 6) is 0.597. The fourth-order valence-electron chi connectivity index (χ4n) is 2.99. The number of carbonyl (C=O) groups excluding carboxylic acids is 1. The first-order valence-corrected chi connectivity index (χ1v) is 8.85. The van der Waals surface area contributed by atoms with Crippen LogP contribution in [0.15, 0.2) is 42.6 Å². The molecule has 1 aromatic carbocycles. The third-order valence-electron chi connectivity index (χ3n) is 4.10. The number of nitrogens with one attached hydrogen (secondary N) is 1. The molecule has 1 saturated heterocycles. The molecule has 0 spiro atoms. The molecule has 0 saturated carbocycles. The third kappa shape index (κ3) is 4.72. The highest BCUT2D eigenvalue weighted by Gasteiger charge is 2.26. The number of ether oxygens (including phenoxy) is 2. The molecular formula is C19H22ClN3O3. The number of rotatable bonds is 5. The molecule has 6 nitrogen and oxygen atoms in total. The molecule has 2 atom stereocenters. The lowest BCUT2D eigenvalue weighted by Crippen LogP contribution is -2.48. The van der Waals surface area contributed by atoms with E-state index in [1.807, 2.05) is 13.0 Å². The number of halogens is 1. The van der Waals surface area contributed by atoms with Crippen molar-refractivity contribution in [3.63, 3.8) is 0 Å². The number of amides is 1. The number of hydrogen-bond acceptors (Lipinski definition) is 5. The molecule has 1 aliphatic rings. The number of morpholine rings is 1. The molecule has 138 valence electrons. The largest absolute Gasteiger partial charge is 0.382 e. The molecular weight excluding hydrogens is 354 g/mol. The normalized spacial score (nSPS) is 20.0. The lowest BCUT2D eigenvalue weighted by atomic mass is 10.2. The second kappa shape index (κ2) is 8.49. The Bertz CT molecular complexity index is 754. The first kappa shape index (κ1) is 18.6. The molecule has 1 amide bonds. The van der Waals surface area contributed by atoms with Gasteiger partial charge in [-0.3, -0.25) is 4.79 Å². The Kier molecular flexibility index (Phi) is 6.08. The van der Waals surface area contributed by atoms with Crippen LogP contribution >= 0.6 is 11.6 Å². The van der Waals surface area contributed by atoms with Crippen molar-refractivity contribution in [1.29, 1.82) is 0 Å². The number of aromatic nitrogens is 1. The number of anilines is 2. The van der Waals surface area contributed by atoms with E-state index in [0.717, 1.165) is 12.4 Å². The van der Waals surface area contributed by atoms with E-state index in [-0.39, 0.29) is 18.1 Å². The Morgan fingerprint density at radius 3 is 2.92 bits per heavy atom. The Morgan fingerprint density at radius 2 is 2.23 bits per heavy atom. The van der Waals surface area contributed by atoms with Crippen molar-refractivity contribution >= 4 is 29.0 Å². The molecule has 1 aliphatic heterocycles. The maximum absolute atomic E-state index is 12.4. The molecule has 3 rings (SSSR count). The lowest BCUT2D eigenvalue weighted by molar-refractivity contribution is -0.0512. The number of methoxy groups -OCH3 is 1. The van der Waals surface area contributed by atoms with E-state index in [1.54, 1.807) is 43.6 Å². The lowest BCUT2D eigenvalue weighted by Gasteiger charge is -2.37. The minimum atomic E-state index is -0.223. The van der Waals surface area contributed by atoms with E-state index >= 15 is 0 Å². The SMILES string of the molecule is COCC1CN(c2ccc(C(=O)Nc3cccc(Cl)c3)cn2)CC(C)O1. The van der Waals surface area contributed by atoms with Crippen molar-refractivity contribution in [2.75, 3.05) is 37.0 Å². The summed E-state index contributed by atoms with van der Waals surface area (Å²) in [4.78, 5) is 19.0. The summed E-state index contributed by atoms with van der Waals surface area (Å²) in [6.07, 6.45) is 1.69. The average Bonchev–Trinajstić information content (AvgIpc) is 2.62. The molecule has 2 heterocycles. The number of hydrogen-bond donors (Lipinski definition) is 1. The van der Waals surface area contributed by atoms with E-state index < -0.39 is 0 Å². The van der Waals surface area contributed by atoms with Crippen molar-refractivity contribution < 1.29 is 14.3 Å². The highest BCUT2D eigenvalue weighted by atomic mass is 35.5. The summed E-state index contributed by atoms with van der Waals surface area (Å²) in [6, 6.07) is 10.7. The highest BCUT2D eigenvalue weighted by molar-refractivity contribution is 6.30. The predicted octanol–water partition coefficient (Wildman–Crippen LogP) is 3.23. The molecule has 7 heteroatoms. The van der Waals surface area contributed by atoms with Gasteiger partial charge in [0.1, 0.15) is 5.82 Å². The summed E-state index contributed by atoms with van der Waals surface area (Å²) in [5, 5.41) is 3.39.